The quantitative estimate of drug-likeness (QED) is 0.734. The van der Waals surface area contributed by atoms with Crippen molar-refractivity contribution in [3.8, 4) is 0 Å². The van der Waals surface area contributed by atoms with Gasteiger partial charge in [0.15, 0.2) is 0 Å². The van der Waals surface area contributed by atoms with E-state index in [2.05, 4.69) is 6.92 Å². The average molecular weight is 342 g/mol. The highest BCUT2D eigenvalue weighted by atomic mass is 19.1. The molecule has 1 unspecified atom stereocenters. The van der Waals surface area contributed by atoms with Crippen molar-refractivity contribution in [2.24, 2.45) is 11.8 Å². The molecule has 3 rings (SSSR count). The van der Waals surface area contributed by atoms with E-state index in [1.165, 1.54) is 25.0 Å². The maximum Gasteiger partial charge on any atom is 0.335 e. The Hall–Kier alpha value is -1.90. The van der Waals surface area contributed by atoms with Crippen molar-refractivity contribution >= 4 is 11.5 Å². The molecule has 1 fully saturated rings. The van der Waals surface area contributed by atoms with E-state index in [-0.39, 0.29) is 17.9 Å². The van der Waals surface area contributed by atoms with Gasteiger partial charge in [0.2, 0.25) is 0 Å². The first kappa shape index (κ1) is 17.9. The van der Waals surface area contributed by atoms with Crippen molar-refractivity contribution in [1.82, 2.24) is 0 Å². The number of alkyl halides is 1. The molecule has 3 heteroatoms. The van der Waals surface area contributed by atoms with Crippen LogP contribution in [0.25, 0.3) is 5.57 Å². The normalized spacial score (nSPS) is 29.7. The third-order valence-corrected chi connectivity index (χ3v) is 5.87. The number of carboxylic acid groups (broad SMARTS) is 1. The minimum absolute atomic E-state index is 0.00841. The van der Waals surface area contributed by atoms with Crippen molar-refractivity contribution in [2.45, 2.75) is 57.5 Å². The van der Waals surface area contributed by atoms with Crippen molar-refractivity contribution in [1.29, 1.82) is 0 Å². The summed E-state index contributed by atoms with van der Waals surface area (Å²) in [5.41, 5.74) is 0.222. The molecule has 0 aromatic heterocycles. The van der Waals surface area contributed by atoms with Crippen LogP contribution in [0.4, 0.5) is 4.39 Å². The third-order valence-electron chi connectivity index (χ3n) is 5.87. The number of hydrogen-bond acceptors (Lipinski definition) is 1. The van der Waals surface area contributed by atoms with Crippen LogP contribution in [0.5, 0.6) is 0 Å². The maximum absolute atomic E-state index is 15.8. The molecule has 0 amide bonds. The van der Waals surface area contributed by atoms with Crippen LogP contribution >= 0.6 is 0 Å². The lowest BCUT2D eigenvalue weighted by Gasteiger charge is -2.39. The van der Waals surface area contributed by atoms with Gasteiger partial charge in [0, 0.05) is 6.42 Å². The van der Waals surface area contributed by atoms with Gasteiger partial charge in [0.25, 0.3) is 0 Å². The van der Waals surface area contributed by atoms with Crippen molar-refractivity contribution in [3.63, 3.8) is 0 Å². The van der Waals surface area contributed by atoms with Gasteiger partial charge in [-0.1, -0.05) is 62.9 Å². The Morgan fingerprint density at radius 1 is 1.20 bits per heavy atom. The van der Waals surface area contributed by atoms with E-state index in [9.17, 15) is 9.90 Å². The van der Waals surface area contributed by atoms with Crippen molar-refractivity contribution in [3.05, 3.63) is 53.6 Å². The summed E-state index contributed by atoms with van der Waals surface area (Å²) < 4.78 is 15.8. The van der Waals surface area contributed by atoms with E-state index < -0.39 is 11.6 Å². The molecule has 2 nitrogen and oxygen atoms in total. The van der Waals surface area contributed by atoms with E-state index in [1.54, 1.807) is 0 Å². The topological polar surface area (TPSA) is 37.3 Å². The number of carboxylic acids is 1. The molecule has 0 spiro atoms. The summed E-state index contributed by atoms with van der Waals surface area (Å²) >= 11 is 0. The van der Waals surface area contributed by atoms with Gasteiger partial charge in [-0.25, -0.2) is 9.18 Å². The Labute approximate surface area is 149 Å². The molecule has 0 heterocycles. The molecular formula is C22H27FO2. The van der Waals surface area contributed by atoms with E-state index >= 15 is 4.39 Å². The molecule has 1 saturated carbocycles. The number of allylic oxidation sites excluding steroid dienone is 2. The summed E-state index contributed by atoms with van der Waals surface area (Å²) in [4.78, 5) is 11.6. The largest absolute Gasteiger partial charge is 0.478 e. The number of aliphatic carboxylic acids is 1. The molecule has 1 aromatic rings. The highest BCUT2D eigenvalue weighted by Gasteiger charge is 2.42. The minimum atomic E-state index is -1.43. The Morgan fingerprint density at radius 3 is 2.48 bits per heavy atom. The van der Waals surface area contributed by atoms with E-state index in [0.717, 1.165) is 37.2 Å². The van der Waals surface area contributed by atoms with Crippen LogP contribution in [0.1, 0.15) is 57.4 Å². The number of carbonyl (C=O) groups is 1. The number of rotatable bonds is 5. The molecule has 1 atom stereocenters. The summed E-state index contributed by atoms with van der Waals surface area (Å²) in [6.07, 6.45) is 9.59. The minimum Gasteiger partial charge on any atom is -0.478 e. The number of halogens is 1. The Balaban J connectivity index is 1.82. The van der Waals surface area contributed by atoms with Gasteiger partial charge in [-0.15, -0.1) is 0 Å². The maximum atomic E-state index is 15.8. The van der Waals surface area contributed by atoms with Gasteiger partial charge in [0.05, 0.1) is 5.57 Å². The van der Waals surface area contributed by atoms with Crippen LogP contribution in [0.3, 0.4) is 0 Å². The molecule has 1 N–H and O–H groups in total. The zero-order valence-corrected chi connectivity index (χ0v) is 14.9. The lowest BCUT2D eigenvalue weighted by Crippen LogP contribution is -2.36. The fourth-order valence-electron chi connectivity index (χ4n) is 4.46. The van der Waals surface area contributed by atoms with Crippen LogP contribution < -0.4 is 0 Å². The third kappa shape index (κ3) is 3.86. The lowest BCUT2D eigenvalue weighted by atomic mass is 9.69. The van der Waals surface area contributed by atoms with Gasteiger partial charge < -0.3 is 5.11 Å². The summed E-state index contributed by atoms with van der Waals surface area (Å²) in [7, 11) is 0. The molecule has 134 valence electrons. The molecular weight excluding hydrogens is 315 g/mol. The first-order valence-corrected chi connectivity index (χ1v) is 9.43. The molecule has 2 aliphatic carbocycles. The highest BCUT2D eigenvalue weighted by Crippen LogP contribution is 2.46. The molecule has 0 bridgehead atoms. The first-order valence-electron chi connectivity index (χ1n) is 9.43. The van der Waals surface area contributed by atoms with Crippen molar-refractivity contribution in [2.75, 3.05) is 0 Å². The lowest BCUT2D eigenvalue weighted by molar-refractivity contribution is -0.132. The molecule has 0 saturated heterocycles. The second-order valence-corrected chi connectivity index (χ2v) is 7.51. The van der Waals surface area contributed by atoms with Gasteiger partial charge in [-0.3, -0.25) is 0 Å². The average Bonchev–Trinajstić information content (AvgIpc) is 2.63. The fourth-order valence-corrected chi connectivity index (χ4v) is 4.46. The number of hydrogen-bond donors (Lipinski definition) is 1. The molecule has 0 radical (unpaired) electrons. The van der Waals surface area contributed by atoms with Crippen LogP contribution in [-0.4, -0.2) is 16.7 Å². The SMILES string of the molecule is CCCC1CCC(C2(F)C=CC(C(=O)O)=C(c3ccccc3)C2)CC1. The number of benzene rings is 1. The Morgan fingerprint density at radius 2 is 1.88 bits per heavy atom. The Bertz CT molecular complexity index is 669. The first-order chi connectivity index (χ1) is 12.0. The Kier molecular flexibility index (Phi) is 5.41. The second kappa shape index (κ2) is 7.55. The summed E-state index contributed by atoms with van der Waals surface area (Å²) in [6.45, 7) is 2.21. The van der Waals surface area contributed by atoms with Gasteiger partial charge in [-0.2, -0.15) is 0 Å². The van der Waals surface area contributed by atoms with Crippen LogP contribution in [0.15, 0.2) is 48.1 Å². The highest BCUT2D eigenvalue weighted by molar-refractivity contribution is 6.00. The molecule has 1 aromatic carbocycles. The summed E-state index contributed by atoms with van der Waals surface area (Å²) in [5.74, 6) is -0.258. The fraction of sp³-hybridized carbons (Fsp3) is 0.500. The zero-order chi connectivity index (χ0) is 17.9. The van der Waals surface area contributed by atoms with E-state index in [4.69, 9.17) is 0 Å². The van der Waals surface area contributed by atoms with E-state index in [1.807, 2.05) is 30.3 Å². The van der Waals surface area contributed by atoms with Crippen LogP contribution in [0, 0.1) is 11.8 Å². The molecule has 25 heavy (non-hydrogen) atoms. The monoisotopic (exact) mass is 342 g/mol. The van der Waals surface area contributed by atoms with Gasteiger partial charge >= 0.3 is 5.97 Å². The predicted molar refractivity (Wildman–Crippen MR) is 98.9 cm³/mol. The molecule has 2 aliphatic rings. The standard InChI is InChI=1S/C22H27FO2/c1-2-6-16-9-11-18(12-10-16)22(23)14-13-19(21(24)25)20(15-22)17-7-4-3-5-8-17/h3-5,7-8,13-14,16,18H,2,6,9-12,15H2,1H3,(H,24,25). The van der Waals surface area contributed by atoms with Gasteiger partial charge in [-0.05, 0) is 48.0 Å². The summed E-state index contributed by atoms with van der Waals surface area (Å²) in [6, 6.07) is 9.37. The summed E-state index contributed by atoms with van der Waals surface area (Å²) in [5, 5.41) is 9.51. The van der Waals surface area contributed by atoms with E-state index in [0.29, 0.717) is 5.57 Å². The zero-order valence-electron chi connectivity index (χ0n) is 14.9. The predicted octanol–water partition coefficient (Wildman–Crippen LogP) is 5.80. The smallest absolute Gasteiger partial charge is 0.335 e. The van der Waals surface area contributed by atoms with Gasteiger partial charge in [0.1, 0.15) is 5.67 Å². The second-order valence-electron chi connectivity index (χ2n) is 7.51. The van der Waals surface area contributed by atoms with Crippen LogP contribution in [0.2, 0.25) is 0 Å². The van der Waals surface area contributed by atoms with Crippen molar-refractivity contribution < 1.29 is 14.3 Å². The molecule has 0 aliphatic heterocycles. The van der Waals surface area contributed by atoms with Crippen LogP contribution in [-0.2, 0) is 4.79 Å².